The van der Waals surface area contributed by atoms with E-state index >= 15 is 0 Å². The highest BCUT2D eigenvalue weighted by atomic mass is 16.5. The van der Waals surface area contributed by atoms with Gasteiger partial charge in [0.25, 0.3) is 5.56 Å². The lowest BCUT2D eigenvalue weighted by Crippen LogP contribution is -2.06. The van der Waals surface area contributed by atoms with Gasteiger partial charge in [0, 0.05) is 17.2 Å². The lowest BCUT2D eigenvalue weighted by Gasteiger charge is -2.08. The molecule has 2 aromatic carbocycles. The van der Waals surface area contributed by atoms with Crippen molar-refractivity contribution in [1.29, 1.82) is 0 Å². The topological polar surface area (TPSA) is 83.7 Å². The maximum atomic E-state index is 11.5. The van der Waals surface area contributed by atoms with Crippen LogP contribution in [0, 0.1) is 0 Å². The summed E-state index contributed by atoms with van der Waals surface area (Å²) in [6, 6.07) is 20.8. The van der Waals surface area contributed by atoms with Crippen LogP contribution in [0.1, 0.15) is 6.92 Å². The van der Waals surface area contributed by atoms with Gasteiger partial charge in [-0.1, -0.05) is 42.5 Å². The normalized spacial score (nSPS) is 10.7. The Kier molecular flexibility index (Phi) is 4.53. The Hall–Kier alpha value is -3.67. The van der Waals surface area contributed by atoms with Crippen molar-refractivity contribution in [3.05, 3.63) is 77.1 Å². The van der Waals surface area contributed by atoms with Crippen LogP contribution in [0.2, 0.25) is 0 Å². The molecule has 0 saturated carbocycles. The maximum Gasteiger partial charge on any atom is 0.264 e. The molecule has 134 valence electrons. The molecule has 0 aliphatic rings. The SMILES string of the molecule is CCOc1cccc(-c2n[nH]c(-c3ccccc3)c2-c2ccc(=O)[nH]n2)c1. The lowest BCUT2D eigenvalue weighted by molar-refractivity contribution is 0.340. The molecule has 0 saturated heterocycles. The summed E-state index contributed by atoms with van der Waals surface area (Å²) >= 11 is 0. The molecule has 0 aliphatic heterocycles. The molecule has 2 aromatic heterocycles. The molecule has 4 aromatic rings. The number of hydrogen-bond acceptors (Lipinski definition) is 4. The first-order chi connectivity index (χ1) is 13.3. The van der Waals surface area contributed by atoms with Gasteiger partial charge in [0.05, 0.1) is 23.6 Å². The minimum atomic E-state index is -0.247. The van der Waals surface area contributed by atoms with Crippen molar-refractivity contribution in [2.45, 2.75) is 6.92 Å². The van der Waals surface area contributed by atoms with Crippen molar-refractivity contribution in [2.75, 3.05) is 6.61 Å². The quantitative estimate of drug-likeness (QED) is 0.567. The Balaban J connectivity index is 1.92. The predicted octanol–water partition coefficient (Wildman–Crippen LogP) is 3.89. The molecule has 0 radical (unpaired) electrons. The first kappa shape index (κ1) is 16.8. The zero-order valence-corrected chi connectivity index (χ0v) is 14.8. The molecule has 0 bridgehead atoms. The summed E-state index contributed by atoms with van der Waals surface area (Å²) in [5.41, 5.74) is 4.69. The molecule has 0 aliphatic carbocycles. The van der Waals surface area contributed by atoms with E-state index in [-0.39, 0.29) is 5.56 Å². The zero-order valence-electron chi connectivity index (χ0n) is 14.8. The molecule has 0 fully saturated rings. The Morgan fingerprint density at radius 2 is 1.70 bits per heavy atom. The van der Waals surface area contributed by atoms with Crippen molar-refractivity contribution >= 4 is 0 Å². The Morgan fingerprint density at radius 3 is 2.44 bits per heavy atom. The van der Waals surface area contributed by atoms with Gasteiger partial charge in [-0.05, 0) is 25.1 Å². The highest BCUT2D eigenvalue weighted by molar-refractivity contribution is 5.90. The third kappa shape index (κ3) is 3.37. The molecule has 0 spiro atoms. The van der Waals surface area contributed by atoms with Gasteiger partial charge in [-0.2, -0.15) is 10.2 Å². The summed E-state index contributed by atoms with van der Waals surface area (Å²) in [7, 11) is 0. The van der Waals surface area contributed by atoms with E-state index in [1.54, 1.807) is 6.07 Å². The van der Waals surface area contributed by atoms with Crippen molar-refractivity contribution in [1.82, 2.24) is 20.4 Å². The van der Waals surface area contributed by atoms with Crippen molar-refractivity contribution in [3.8, 4) is 39.5 Å². The van der Waals surface area contributed by atoms with Crippen molar-refractivity contribution < 1.29 is 4.74 Å². The van der Waals surface area contributed by atoms with Gasteiger partial charge in [0.1, 0.15) is 11.4 Å². The minimum Gasteiger partial charge on any atom is -0.494 e. The molecular formula is C21H18N4O2. The average molecular weight is 358 g/mol. The van der Waals surface area contributed by atoms with Crippen LogP contribution in [0.4, 0.5) is 0 Å². The summed E-state index contributed by atoms with van der Waals surface area (Å²) in [5.74, 6) is 0.777. The smallest absolute Gasteiger partial charge is 0.264 e. The standard InChI is InChI=1S/C21H18N4O2/c1-2-27-16-10-6-9-15(13-16)21-19(17-11-12-18(26)23-22-17)20(24-25-21)14-7-4-3-5-8-14/h3-13H,2H2,1H3,(H,23,26)(H,24,25). The first-order valence-electron chi connectivity index (χ1n) is 8.69. The molecule has 2 N–H and O–H groups in total. The zero-order chi connectivity index (χ0) is 18.6. The van der Waals surface area contributed by atoms with Crippen LogP contribution < -0.4 is 10.3 Å². The Bertz CT molecular complexity index is 1100. The molecule has 2 heterocycles. The van der Waals surface area contributed by atoms with Crippen LogP contribution >= 0.6 is 0 Å². The number of benzene rings is 2. The molecule has 0 atom stereocenters. The molecule has 6 heteroatoms. The highest BCUT2D eigenvalue weighted by Crippen LogP contribution is 2.37. The van der Waals surface area contributed by atoms with Gasteiger partial charge in [0.2, 0.25) is 0 Å². The van der Waals surface area contributed by atoms with Crippen LogP contribution in [0.25, 0.3) is 33.8 Å². The van der Waals surface area contributed by atoms with E-state index in [0.717, 1.165) is 33.8 Å². The van der Waals surface area contributed by atoms with E-state index in [9.17, 15) is 4.79 Å². The van der Waals surface area contributed by atoms with E-state index in [0.29, 0.717) is 12.3 Å². The van der Waals surface area contributed by atoms with Gasteiger partial charge in [0.15, 0.2) is 0 Å². The number of ether oxygens (including phenoxy) is 1. The van der Waals surface area contributed by atoms with Crippen molar-refractivity contribution in [3.63, 3.8) is 0 Å². The van der Waals surface area contributed by atoms with E-state index in [2.05, 4.69) is 20.4 Å². The minimum absolute atomic E-state index is 0.247. The number of aromatic nitrogens is 4. The summed E-state index contributed by atoms with van der Waals surface area (Å²) in [6.07, 6.45) is 0. The predicted molar refractivity (Wildman–Crippen MR) is 104 cm³/mol. The molecule has 27 heavy (non-hydrogen) atoms. The average Bonchev–Trinajstić information content (AvgIpc) is 3.15. The number of rotatable bonds is 5. The lowest BCUT2D eigenvalue weighted by atomic mass is 9.99. The second-order valence-corrected chi connectivity index (χ2v) is 5.96. The molecule has 0 amide bonds. The number of aromatic amines is 2. The monoisotopic (exact) mass is 358 g/mol. The van der Waals surface area contributed by atoms with Crippen LogP contribution in [-0.4, -0.2) is 27.0 Å². The maximum absolute atomic E-state index is 11.5. The van der Waals surface area contributed by atoms with E-state index in [4.69, 9.17) is 4.74 Å². The van der Waals surface area contributed by atoms with E-state index in [1.807, 2.05) is 61.5 Å². The summed E-state index contributed by atoms with van der Waals surface area (Å²) in [4.78, 5) is 11.5. The van der Waals surface area contributed by atoms with Crippen LogP contribution in [0.3, 0.4) is 0 Å². The summed E-state index contributed by atoms with van der Waals surface area (Å²) in [5, 5.41) is 14.4. The summed E-state index contributed by atoms with van der Waals surface area (Å²) < 4.78 is 5.62. The largest absolute Gasteiger partial charge is 0.494 e. The second-order valence-electron chi connectivity index (χ2n) is 5.96. The van der Waals surface area contributed by atoms with Gasteiger partial charge in [-0.15, -0.1) is 0 Å². The fourth-order valence-corrected chi connectivity index (χ4v) is 3.00. The number of nitrogens with one attached hydrogen (secondary N) is 2. The van der Waals surface area contributed by atoms with Gasteiger partial charge < -0.3 is 4.74 Å². The molecule has 4 rings (SSSR count). The number of H-pyrrole nitrogens is 2. The Labute approximate surface area is 155 Å². The number of nitrogens with zero attached hydrogens (tertiary/aromatic N) is 2. The fraction of sp³-hybridized carbons (Fsp3) is 0.0952. The first-order valence-corrected chi connectivity index (χ1v) is 8.69. The Morgan fingerprint density at radius 1 is 0.889 bits per heavy atom. The molecule has 0 unspecified atom stereocenters. The summed E-state index contributed by atoms with van der Waals surface area (Å²) in [6.45, 7) is 2.54. The van der Waals surface area contributed by atoms with Crippen LogP contribution in [0.15, 0.2) is 71.5 Å². The highest BCUT2D eigenvalue weighted by Gasteiger charge is 2.19. The fourth-order valence-electron chi connectivity index (χ4n) is 3.00. The third-order valence-electron chi connectivity index (χ3n) is 4.18. The van der Waals surface area contributed by atoms with Gasteiger partial charge in [-0.3, -0.25) is 9.89 Å². The van der Waals surface area contributed by atoms with E-state index in [1.165, 1.54) is 6.07 Å². The van der Waals surface area contributed by atoms with Crippen molar-refractivity contribution in [2.24, 2.45) is 0 Å². The molecular weight excluding hydrogens is 340 g/mol. The number of hydrogen-bond donors (Lipinski definition) is 2. The second kappa shape index (κ2) is 7.29. The van der Waals surface area contributed by atoms with Crippen LogP contribution in [0.5, 0.6) is 5.75 Å². The molecule has 6 nitrogen and oxygen atoms in total. The van der Waals surface area contributed by atoms with Gasteiger partial charge >= 0.3 is 0 Å². The third-order valence-corrected chi connectivity index (χ3v) is 4.18. The van der Waals surface area contributed by atoms with E-state index < -0.39 is 0 Å². The van der Waals surface area contributed by atoms with Gasteiger partial charge in [-0.25, -0.2) is 5.10 Å². The van der Waals surface area contributed by atoms with Crippen LogP contribution in [-0.2, 0) is 0 Å².